The Labute approximate surface area is 134 Å². The average molecular weight is 335 g/mol. The van der Waals surface area contributed by atoms with E-state index in [0.29, 0.717) is 18.4 Å². The molecule has 0 spiro atoms. The number of halogens is 2. The molecule has 21 heavy (non-hydrogen) atoms. The van der Waals surface area contributed by atoms with Crippen molar-refractivity contribution in [3.63, 3.8) is 0 Å². The fraction of sp³-hybridized carbons (Fsp3) is 0.800. The zero-order chi connectivity index (χ0) is 15.8. The third kappa shape index (κ3) is 1.86. The summed E-state index contributed by atoms with van der Waals surface area (Å²) < 4.78 is 5.46. The van der Waals surface area contributed by atoms with Crippen molar-refractivity contribution >= 4 is 29.2 Å². The zero-order valence-electron chi connectivity index (χ0n) is 12.1. The number of hydrogen-bond acceptors (Lipinski definition) is 4. The smallest absolute Gasteiger partial charge is 0.334 e. The van der Waals surface area contributed by atoms with Gasteiger partial charge in [-0.3, -0.25) is 0 Å². The molecule has 4 nitrogen and oxygen atoms in total. The van der Waals surface area contributed by atoms with Gasteiger partial charge in [0.05, 0.1) is 21.5 Å². The third-order valence-corrected chi connectivity index (χ3v) is 6.79. The fourth-order valence-electron chi connectivity index (χ4n) is 4.34. The SMILES string of the molecule is C=C1C(=O)O[C@H]2[C@H]1CC[C@@](C)(Cl)[C@@]1(O)C[C@H](O)[C@@](C)(Cl)[C@H]21. The van der Waals surface area contributed by atoms with Crippen LogP contribution in [0.3, 0.4) is 0 Å². The van der Waals surface area contributed by atoms with E-state index in [1.165, 1.54) is 0 Å². The van der Waals surface area contributed by atoms with Crippen LogP contribution in [0.15, 0.2) is 12.2 Å². The van der Waals surface area contributed by atoms with Crippen molar-refractivity contribution in [3.05, 3.63) is 12.2 Å². The van der Waals surface area contributed by atoms with E-state index in [9.17, 15) is 15.0 Å². The molecule has 0 radical (unpaired) electrons. The predicted molar refractivity (Wildman–Crippen MR) is 79.3 cm³/mol. The number of esters is 1. The highest BCUT2D eigenvalue weighted by Gasteiger charge is 2.71. The average Bonchev–Trinajstić information content (AvgIpc) is 2.68. The first-order valence-corrected chi connectivity index (χ1v) is 7.96. The molecule has 3 fully saturated rings. The highest BCUT2D eigenvalue weighted by molar-refractivity contribution is 6.26. The van der Waals surface area contributed by atoms with E-state index < -0.39 is 39.4 Å². The van der Waals surface area contributed by atoms with Gasteiger partial charge < -0.3 is 14.9 Å². The van der Waals surface area contributed by atoms with Crippen molar-refractivity contribution in [2.75, 3.05) is 0 Å². The molecular formula is C15H20Cl2O4. The maximum Gasteiger partial charge on any atom is 0.334 e. The van der Waals surface area contributed by atoms with Crippen molar-refractivity contribution in [2.45, 2.75) is 60.7 Å². The van der Waals surface area contributed by atoms with Crippen LogP contribution in [-0.4, -0.2) is 43.7 Å². The van der Waals surface area contributed by atoms with Crippen LogP contribution in [0.4, 0.5) is 0 Å². The van der Waals surface area contributed by atoms with Gasteiger partial charge in [0, 0.05) is 23.8 Å². The van der Waals surface area contributed by atoms with Crippen LogP contribution >= 0.6 is 23.2 Å². The molecule has 0 unspecified atom stereocenters. The maximum atomic E-state index is 11.9. The van der Waals surface area contributed by atoms with Crippen molar-refractivity contribution in [2.24, 2.45) is 11.8 Å². The Morgan fingerprint density at radius 2 is 2.00 bits per heavy atom. The normalized spacial score (nSPS) is 56.7. The van der Waals surface area contributed by atoms with E-state index in [1.54, 1.807) is 13.8 Å². The number of carbonyl (C=O) groups is 1. The molecule has 0 aromatic heterocycles. The molecular weight excluding hydrogens is 315 g/mol. The maximum absolute atomic E-state index is 11.9. The van der Waals surface area contributed by atoms with Gasteiger partial charge in [-0.25, -0.2) is 4.79 Å². The molecule has 0 bridgehead atoms. The Bertz CT molecular complexity index is 516. The first kappa shape index (κ1) is 15.6. The number of fused-ring (bicyclic) bond motifs is 3. The van der Waals surface area contributed by atoms with Crippen molar-refractivity contribution < 1.29 is 19.7 Å². The largest absolute Gasteiger partial charge is 0.458 e. The van der Waals surface area contributed by atoms with Gasteiger partial charge in [-0.2, -0.15) is 0 Å². The van der Waals surface area contributed by atoms with Crippen molar-refractivity contribution in [3.8, 4) is 0 Å². The van der Waals surface area contributed by atoms with Gasteiger partial charge in [-0.05, 0) is 26.7 Å². The van der Waals surface area contributed by atoms with Gasteiger partial charge in [0.2, 0.25) is 0 Å². The number of ether oxygens (including phenoxy) is 1. The van der Waals surface area contributed by atoms with E-state index in [0.717, 1.165) is 0 Å². The lowest BCUT2D eigenvalue weighted by Crippen LogP contribution is -2.56. The molecule has 7 atom stereocenters. The van der Waals surface area contributed by atoms with Crippen LogP contribution in [0.5, 0.6) is 0 Å². The summed E-state index contributed by atoms with van der Waals surface area (Å²) in [5, 5.41) is 21.6. The second kappa shape index (κ2) is 4.38. The molecule has 118 valence electrons. The van der Waals surface area contributed by atoms with Crippen LogP contribution in [-0.2, 0) is 9.53 Å². The highest BCUT2D eigenvalue weighted by atomic mass is 35.5. The molecule has 1 saturated heterocycles. The summed E-state index contributed by atoms with van der Waals surface area (Å²) in [6, 6.07) is 0. The van der Waals surface area contributed by atoms with Gasteiger partial charge >= 0.3 is 5.97 Å². The van der Waals surface area contributed by atoms with Crippen LogP contribution < -0.4 is 0 Å². The van der Waals surface area contributed by atoms with E-state index in [4.69, 9.17) is 27.9 Å². The Morgan fingerprint density at radius 1 is 1.38 bits per heavy atom. The zero-order valence-corrected chi connectivity index (χ0v) is 13.6. The first-order chi connectivity index (χ1) is 9.52. The fourth-order valence-corrected chi connectivity index (χ4v) is 5.02. The summed E-state index contributed by atoms with van der Waals surface area (Å²) in [5.41, 5.74) is -0.986. The Balaban J connectivity index is 2.14. The topological polar surface area (TPSA) is 66.8 Å². The quantitative estimate of drug-likeness (QED) is 0.404. The number of hydrogen-bond donors (Lipinski definition) is 2. The minimum Gasteiger partial charge on any atom is -0.458 e. The van der Waals surface area contributed by atoms with Crippen LogP contribution in [0, 0.1) is 11.8 Å². The lowest BCUT2D eigenvalue weighted by molar-refractivity contribution is -0.147. The van der Waals surface area contributed by atoms with E-state index in [1.807, 2.05) is 0 Å². The van der Waals surface area contributed by atoms with Gasteiger partial charge in [0.1, 0.15) is 6.10 Å². The highest BCUT2D eigenvalue weighted by Crippen LogP contribution is 2.61. The van der Waals surface area contributed by atoms with Crippen LogP contribution in [0.2, 0.25) is 0 Å². The standard InChI is InChI=1S/C15H20Cl2O4/c1-7-8-4-5-13(2,16)15(20)6-9(18)14(3,17)11(15)10(8)21-12(7)19/h8-11,18,20H,1,4-6H2,2-3H3/t8-,9-,10-,11-,13+,14+,15+/m0/s1. The molecule has 6 heteroatoms. The molecule has 2 aliphatic carbocycles. The number of rotatable bonds is 0. The van der Waals surface area contributed by atoms with Gasteiger partial charge in [-0.1, -0.05) is 6.58 Å². The Kier molecular flexibility index (Phi) is 3.25. The van der Waals surface area contributed by atoms with Gasteiger partial charge in [0.15, 0.2) is 0 Å². The first-order valence-electron chi connectivity index (χ1n) is 7.20. The minimum atomic E-state index is -1.39. The summed E-state index contributed by atoms with van der Waals surface area (Å²) in [4.78, 5) is 9.81. The molecule has 1 heterocycles. The van der Waals surface area contributed by atoms with Gasteiger partial charge in [-0.15, -0.1) is 23.2 Å². The second-order valence-electron chi connectivity index (χ2n) is 7.01. The lowest BCUT2D eigenvalue weighted by atomic mass is 9.74. The minimum absolute atomic E-state index is 0.0743. The summed E-state index contributed by atoms with van der Waals surface area (Å²) in [5.74, 6) is -1.29. The third-order valence-electron chi connectivity index (χ3n) is 5.78. The van der Waals surface area contributed by atoms with E-state index in [2.05, 4.69) is 6.58 Å². The van der Waals surface area contributed by atoms with Crippen LogP contribution in [0.25, 0.3) is 0 Å². The molecule has 0 aromatic rings. The van der Waals surface area contributed by atoms with E-state index >= 15 is 0 Å². The van der Waals surface area contributed by atoms with E-state index in [-0.39, 0.29) is 12.3 Å². The van der Waals surface area contributed by atoms with Crippen LogP contribution in [0.1, 0.15) is 33.1 Å². The number of aliphatic hydroxyl groups excluding tert-OH is 1. The molecule has 0 amide bonds. The van der Waals surface area contributed by atoms with Crippen molar-refractivity contribution in [1.82, 2.24) is 0 Å². The number of aliphatic hydroxyl groups is 2. The molecule has 0 aromatic carbocycles. The monoisotopic (exact) mass is 334 g/mol. The summed E-state index contributed by atoms with van der Waals surface area (Å²) >= 11 is 13.2. The summed E-state index contributed by atoms with van der Waals surface area (Å²) in [6.07, 6.45) is -0.325. The van der Waals surface area contributed by atoms with Gasteiger partial charge in [0.25, 0.3) is 0 Å². The molecule has 2 N–H and O–H groups in total. The number of carbonyl (C=O) groups excluding carboxylic acids is 1. The molecule has 2 saturated carbocycles. The number of alkyl halides is 2. The molecule has 1 aliphatic heterocycles. The Hall–Kier alpha value is -0.290. The van der Waals surface area contributed by atoms with Crippen molar-refractivity contribution in [1.29, 1.82) is 0 Å². The summed E-state index contributed by atoms with van der Waals surface area (Å²) in [6.45, 7) is 7.24. The Morgan fingerprint density at radius 3 is 2.62 bits per heavy atom. The predicted octanol–water partition coefficient (Wildman–Crippen LogP) is 1.98. The molecule has 3 rings (SSSR count). The summed E-state index contributed by atoms with van der Waals surface area (Å²) in [7, 11) is 0. The lowest BCUT2D eigenvalue weighted by Gasteiger charge is -2.44. The second-order valence-corrected chi connectivity index (χ2v) is 8.66. The molecule has 3 aliphatic rings.